The second kappa shape index (κ2) is 9.46. The van der Waals surface area contributed by atoms with Crippen LogP contribution in [0.4, 0.5) is 0 Å². The highest BCUT2D eigenvalue weighted by Gasteiger charge is 2.17. The van der Waals surface area contributed by atoms with Gasteiger partial charge in [0.25, 0.3) is 5.91 Å². The third-order valence-corrected chi connectivity index (χ3v) is 7.96. The number of amides is 1. The average Bonchev–Trinajstić information content (AvgIpc) is 3.35. The van der Waals surface area contributed by atoms with E-state index < -0.39 is 10.0 Å². The SMILES string of the molecule is CNS(=O)(=O)Cc1ccccc1CNC(=O)c1cc2c(C)nn(Cc3ccc(C)cc3)c2s1. The van der Waals surface area contributed by atoms with E-state index in [1.807, 2.05) is 29.8 Å². The van der Waals surface area contributed by atoms with Gasteiger partial charge in [-0.3, -0.25) is 9.48 Å². The monoisotopic (exact) mass is 482 g/mol. The van der Waals surface area contributed by atoms with Crippen molar-refractivity contribution < 1.29 is 13.2 Å². The fraction of sp³-hybridized carbons (Fsp3) is 0.250. The summed E-state index contributed by atoms with van der Waals surface area (Å²) < 4.78 is 28.2. The largest absolute Gasteiger partial charge is 0.347 e. The predicted octanol–water partition coefficient (Wildman–Crippen LogP) is 3.74. The molecule has 4 rings (SSSR count). The molecule has 0 bridgehead atoms. The first-order chi connectivity index (χ1) is 15.8. The van der Waals surface area contributed by atoms with Crippen LogP contribution in [0, 0.1) is 13.8 Å². The van der Waals surface area contributed by atoms with Crippen LogP contribution < -0.4 is 10.0 Å². The Morgan fingerprint density at radius 1 is 1.06 bits per heavy atom. The number of thiophene rings is 1. The maximum Gasteiger partial charge on any atom is 0.261 e. The Labute approximate surface area is 197 Å². The van der Waals surface area contributed by atoms with Crippen LogP contribution in [0.1, 0.15) is 37.6 Å². The molecule has 7 nitrogen and oxygen atoms in total. The maximum absolute atomic E-state index is 12.9. The van der Waals surface area contributed by atoms with Crippen LogP contribution >= 0.6 is 11.3 Å². The van der Waals surface area contributed by atoms with Gasteiger partial charge in [-0.25, -0.2) is 13.1 Å². The van der Waals surface area contributed by atoms with Crippen LogP contribution in [0.5, 0.6) is 0 Å². The first kappa shape index (κ1) is 23.2. The summed E-state index contributed by atoms with van der Waals surface area (Å²) in [5, 5.41) is 8.55. The van der Waals surface area contributed by atoms with Crippen LogP contribution in [-0.4, -0.2) is 31.2 Å². The van der Waals surface area contributed by atoms with Crippen molar-refractivity contribution in [2.24, 2.45) is 0 Å². The normalized spacial score (nSPS) is 11.7. The number of hydrogen-bond acceptors (Lipinski definition) is 5. The molecule has 0 atom stereocenters. The smallest absolute Gasteiger partial charge is 0.261 e. The van der Waals surface area contributed by atoms with Crippen LogP contribution in [0.3, 0.4) is 0 Å². The van der Waals surface area contributed by atoms with E-state index in [-0.39, 0.29) is 18.2 Å². The molecule has 172 valence electrons. The summed E-state index contributed by atoms with van der Waals surface area (Å²) in [5.41, 5.74) is 4.67. The zero-order valence-electron chi connectivity index (χ0n) is 18.8. The van der Waals surface area contributed by atoms with Crippen molar-refractivity contribution in [3.05, 3.63) is 87.4 Å². The third-order valence-electron chi connectivity index (χ3n) is 5.50. The Morgan fingerprint density at radius 2 is 1.76 bits per heavy atom. The van der Waals surface area contributed by atoms with Gasteiger partial charge in [0, 0.05) is 11.9 Å². The first-order valence-corrected chi connectivity index (χ1v) is 13.0. The van der Waals surface area contributed by atoms with E-state index in [1.165, 1.54) is 23.9 Å². The molecule has 33 heavy (non-hydrogen) atoms. The van der Waals surface area contributed by atoms with E-state index in [0.29, 0.717) is 17.0 Å². The highest BCUT2D eigenvalue weighted by atomic mass is 32.2. The molecule has 2 aromatic carbocycles. The summed E-state index contributed by atoms with van der Waals surface area (Å²) in [5.74, 6) is -0.323. The first-order valence-electron chi connectivity index (χ1n) is 10.5. The molecule has 0 spiro atoms. The lowest BCUT2D eigenvalue weighted by atomic mass is 10.1. The Hall–Kier alpha value is -3.01. The van der Waals surface area contributed by atoms with Crippen LogP contribution in [0.25, 0.3) is 10.2 Å². The lowest BCUT2D eigenvalue weighted by Crippen LogP contribution is -2.24. The Kier molecular flexibility index (Phi) is 6.64. The summed E-state index contributed by atoms with van der Waals surface area (Å²) in [7, 11) is -2.01. The quantitative estimate of drug-likeness (QED) is 0.400. The van der Waals surface area contributed by atoms with Crippen molar-refractivity contribution in [3.63, 3.8) is 0 Å². The van der Waals surface area contributed by atoms with E-state index in [2.05, 4.69) is 46.3 Å². The number of fused-ring (bicyclic) bond motifs is 1. The van der Waals surface area contributed by atoms with Gasteiger partial charge in [-0.15, -0.1) is 11.3 Å². The zero-order chi connectivity index (χ0) is 23.6. The van der Waals surface area contributed by atoms with Crippen molar-refractivity contribution in [3.8, 4) is 0 Å². The minimum atomic E-state index is -3.40. The molecule has 2 heterocycles. The number of carbonyl (C=O) groups is 1. The van der Waals surface area contributed by atoms with Gasteiger partial charge < -0.3 is 5.32 Å². The molecule has 4 aromatic rings. The van der Waals surface area contributed by atoms with E-state index in [9.17, 15) is 13.2 Å². The summed E-state index contributed by atoms with van der Waals surface area (Å²) in [6.45, 7) is 4.89. The average molecular weight is 483 g/mol. The third kappa shape index (κ3) is 5.32. The van der Waals surface area contributed by atoms with Gasteiger partial charge in [0.05, 0.1) is 22.9 Å². The summed E-state index contributed by atoms with van der Waals surface area (Å²) in [4.78, 5) is 14.5. The molecule has 2 N–H and O–H groups in total. The van der Waals surface area contributed by atoms with Gasteiger partial charge in [-0.1, -0.05) is 54.1 Å². The number of rotatable bonds is 8. The van der Waals surface area contributed by atoms with E-state index >= 15 is 0 Å². The fourth-order valence-corrected chi connectivity index (χ4v) is 5.52. The zero-order valence-corrected chi connectivity index (χ0v) is 20.4. The summed E-state index contributed by atoms with van der Waals surface area (Å²) in [6, 6.07) is 17.4. The number of hydrogen-bond donors (Lipinski definition) is 2. The number of benzene rings is 2. The maximum atomic E-state index is 12.9. The lowest BCUT2D eigenvalue weighted by molar-refractivity contribution is 0.0955. The number of carbonyl (C=O) groups excluding carboxylic acids is 1. The predicted molar refractivity (Wildman–Crippen MR) is 132 cm³/mol. The highest BCUT2D eigenvalue weighted by molar-refractivity contribution is 7.88. The van der Waals surface area contributed by atoms with Crippen LogP contribution in [0.2, 0.25) is 0 Å². The number of aromatic nitrogens is 2. The standard InChI is InChI=1S/C24H26N4O3S2/c1-16-8-10-18(11-9-16)14-28-24-21(17(2)27-28)12-22(32-24)23(29)26-13-19-6-4-5-7-20(19)15-33(30,31)25-3/h4-12,25H,13-15H2,1-3H3,(H,26,29). The van der Waals surface area contributed by atoms with Crippen LogP contribution in [-0.2, 0) is 28.9 Å². The topological polar surface area (TPSA) is 93.1 Å². The van der Waals surface area contributed by atoms with E-state index in [1.54, 1.807) is 12.1 Å². The molecule has 9 heteroatoms. The second-order valence-electron chi connectivity index (χ2n) is 7.97. The molecule has 0 aliphatic heterocycles. The Balaban J connectivity index is 1.51. The number of nitrogens with one attached hydrogen (secondary N) is 2. The molecule has 1 amide bonds. The molecular formula is C24H26N4O3S2. The number of nitrogens with zero attached hydrogens (tertiary/aromatic N) is 2. The van der Waals surface area contributed by atoms with Gasteiger partial charge in [0.2, 0.25) is 10.0 Å². The van der Waals surface area contributed by atoms with E-state index in [4.69, 9.17) is 0 Å². The molecule has 0 aliphatic carbocycles. The van der Waals surface area contributed by atoms with E-state index in [0.717, 1.165) is 27.0 Å². The number of aryl methyl sites for hydroxylation is 2. The van der Waals surface area contributed by atoms with Crippen molar-refractivity contribution >= 4 is 37.5 Å². The molecule has 0 radical (unpaired) electrons. The van der Waals surface area contributed by atoms with Gasteiger partial charge in [-0.05, 0) is 43.7 Å². The molecule has 0 unspecified atom stereocenters. The molecule has 2 aromatic heterocycles. The highest BCUT2D eigenvalue weighted by Crippen LogP contribution is 2.29. The van der Waals surface area contributed by atoms with Crippen molar-refractivity contribution in [1.29, 1.82) is 0 Å². The summed E-state index contributed by atoms with van der Waals surface area (Å²) >= 11 is 1.41. The molecular weight excluding hydrogens is 456 g/mol. The van der Waals surface area contributed by atoms with Crippen molar-refractivity contribution in [2.75, 3.05) is 7.05 Å². The minimum absolute atomic E-state index is 0.132. The van der Waals surface area contributed by atoms with Crippen molar-refractivity contribution in [2.45, 2.75) is 32.7 Å². The fourth-order valence-electron chi connectivity index (χ4n) is 3.61. The van der Waals surface area contributed by atoms with Gasteiger partial charge in [0.1, 0.15) is 4.83 Å². The Morgan fingerprint density at radius 3 is 2.45 bits per heavy atom. The van der Waals surface area contributed by atoms with Gasteiger partial charge in [0.15, 0.2) is 0 Å². The summed E-state index contributed by atoms with van der Waals surface area (Å²) in [6.07, 6.45) is 0. The number of sulfonamides is 1. The van der Waals surface area contributed by atoms with Crippen LogP contribution in [0.15, 0.2) is 54.6 Å². The molecule has 0 fully saturated rings. The Bertz CT molecular complexity index is 1400. The molecule has 0 saturated heterocycles. The van der Waals surface area contributed by atoms with Gasteiger partial charge >= 0.3 is 0 Å². The molecule has 0 saturated carbocycles. The van der Waals surface area contributed by atoms with Gasteiger partial charge in [-0.2, -0.15) is 5.10 Å². The molecule has 0 aliphatic rings. The lowest BCUT2D eigenvalue weighted by Gasteiger charge is -2.10. The minimum Gasteiger partial charge on any atom is -0.347 e. The van der Waals surface area contributed by atoms with Crippen molar-refractivity contribution in [1.82, 2.24) is 19.8 Å². The second-order valence-corrected chi connectivity index (χ2v) is 10.9.